The lowest BCUT2D eigenvalue weighted by molar-refractivity contribution is -0.152. The second-order valence-electron chi connectivity index (χ2n) is 6.57. The van der Waals surface area contributed by atoms with E-state index >= 15 is 0 Å². The average molecular weight is 224 g/mol. The molecule has 0 amide bonds. The van der Waals surface area contributed by atoms with Crippen molar-refractivity contribution in [3.05, 3.63) is 11.6 Å². The average Bonchev–Trinajstić information content (AvgIpc) is 2.11. The largest absolute Gasteiger partial charge is 0.461 e. The molecule has 0 fully saturated rings. The molecular formula is C14H24O2. The molecule has 0 saturated carbocycles. The van der Waals surface area contributed by atoms with Crippen molar-refractivity contribution < 1.29 is 9.53 Å². The first-order chi connectivity index (χ1) is 7.21. The Hall–Kier alpha value is -0.790. The van der Waals surface area contributed by atoms with Crippen LogP contribution in [0.25, 0.3) is 0 Å². The second kappa shape index (κ2) is 4.60. The maximum Gasteiger partial charge on any atom is 0.311 e. The van der Waals surface area contributed by atoms with Crippen LogP contribution in [0, 0.1) is 10.8 Å². The zero-order chi connectivity index (χ0) is 12.4. The Kier molecular flexibility index (Phi) is 3.82. The molecule has 0 unspecified atom stereocenters. The van der Waals surface area contributed by atoms with E-state index in [0.717, 1.165) is 12.8 Å². The number of allylic oxidation sites excluding steroid dienone is 1. The molecule has 1 aliphatic rings. The minimum atomic E-state index is -0.398. The molecule has 0 radical (unpaired) electrons. The first-order valence-corrected chi connectivity index (χ1v) is 6.06. The predicted octanol–water partition coefficient (Wildman–Crippen LogP) is 3.71. The Morgan fingerprint density at radius 1 is 1.44 bits per heavy atom. The summed E-state index contributed by atoms with van der Waals surface area (Å²) < 4.78 is 5.33. The Morgan fingerprint density at radius 2 is 2.06 bits per heavy atom. The van der Waals surface area contributed by atoms with Crippen LogP contribution < -0.4 is 0 Å². The van der Waals surface area contributed by atoms with Gasteiger partial charge in [-0.3, -0.25) is 4.79 Å². The number of hydrogen-bond donors (Lipinski definition) is 0. The molecule has 0 aromatic heterocycles. The van der Waals surface area contributed by atoms with Crippen molar-refractivity contribution in [3.8, 4) is 0 Å². The second-order valence-corrected chi connectivity index (χ2v) is 6.57. The van der Waals surface area contributed by atoms with E-state index in [1.54, 1.807) is 0 Å². The van der Waals surface area contributed by atoms with Gasteiger partial charge in [-0.05, 0) is 51.0 Å². The molecule has 1 aliphatic carbocycles. The smallest absolute Gasteiger partial charge is 0.311 e. The highest BCUT2D eigenvalue weighted by Gasteiger charge is 2.26. The van der Waals surface area contributed by atoms with Crippen molar-refractivity contribution >= 4 is 5.97 Å². The van der Waals surface area contributed by atoms with Crippen LogP contribution in [-0.4, -0.2) is 12.6 Å². The molecule has 0 heterocycles. The number of carbonyl (C=O) groups excluding carboxylic acids is 1. The maximum absolute atomic E-state index is 11.6. The van der Waals surface area contributed by atoms with Gasteiger partial charge in [0.05, 0.1) is 5.41 Å². The Morgan fingerprint density at radius 3 is 2.56 bits per heavy atom. The van der Waals surface area contributed by atoms with E-state index in [-0.39, 0.29) is 5.97 Å². The molecule has 92 valence electrons. The number of rotatable bonds is 2. The minimum absolute atomic E-state index is 0.114. The molecule has 2 nitrogen and oxygen atoms in total. The van der Waals surface area contributed by atoms with Gasteiger partial charge in [-0.2, -0.15) is 0 Å². The van der Waals surface area contributed by atoms with E-state index in [0.29, 0.717) is 12.0 Å². The van der Waals surface area contributed by atoms with E-state index in [1.165, 1.54) is 12.0 Å². The summed E-state index contributed by atoms with van der Waals surface area (Å²) in [7, 11) is 0. The fraction of sp³-hybridized carbons (Fsp3) is 0.786. The van der Waals surface area contributed by atoms with Crippen LogP contribution in [0.2, 0.25) is 0 Å². The molecule has 2 heteroatoms. The Balaban J connectivity index is 2.45. The van der Waals surface area contributed by atoms with Crippen molar-refractivity contribution in [3.63, 3.8) is 0 Å². The molecule has 0 bridgehead atoms. The van der Waals surface area contributed by atoms with Crippen LogP contribution in [0.1, 0.15) is 53.9 Å². The van der Waals surface area contributed by atoms with E-state index in [9.17, 15) is 4.79 Å². The summed E-state index contributed by atoms with van der Waals surface area (Å²) in [6.07, 6.45) is 5.60. The van der Waals surface area contributed by atoms with Crippen LogP contribution in [0.4, 0.5) is 0 Å². The standard InChI is InChI=1S/C14H24O2/c1-13(2,3)12(15)16-10-11-7-6-8-14(4,5)9-11/h7H,6,8-10H2,1-5H3. The highest BCUT2D eigenvalue weighted by atomic mass is 16.5. The van der Waals surface area contributed by atoms with Gasteiger partial charge in [0.15, 0.2) is 0 Å². The van der Waals surface area contributed by atoms with Gasteiger partial charge in [0.25, 0.3) is 0 Å². The van der Waals surface area contributed by atoms with Gasteiger partial charge in [-0.15, -0.1) is 0 Å². The quantitative estimate of drug-likeness (QED) is 0.528. The normalized spacial score (nSPS) is 20.2. The summed E-state index contributed by atoms with van der Waals surface area (Å²) in [5.74, 6) is -0.114. The summed E-state index contributed by atoms with van der Waals surface area (Å²) in [6.45, 7) is 10.7. The number of ether oxygens (including phenoxy) is 1. The van der Waals surface area contributed by atoms with Gasteiger partial charge >= 0.3 is 5.97 Å². The van der Waals surface area contributed by atoms with Gasteiger partial charge in [-0.1, -0.05) is 19.9 Å². The van der Waals surface area contributed by atoms with E-state index in [1.807, 2.05) is 20.8 Å². The Bertz CT molecular complexity index is 292. The fourth-order valence-electron chi connectivity index (χ4n) is 1.93. The SMILES string of the molecule is CC1(C)CCC=C(COC(=O)C(C)(C)C)C1. The van der Waals surface area contributed by atoms with E-state index in [4.69, 9.17) is 4.74 Å². The lowest BCUT2D eigenvalue weighted by atomic mass is 9.77. The number of hydrogen-bond acceptors (Lipinski definition) is 2. The topological polar surface area (TPSA) is 26.3 Å². The third-order valence-corrected chi connectivity index (χ3v) is 2.96. The summed E-state index contributed by atoms with van der Waals surface area (Å²) >= 11 is 0. The van der Waals surface area contributed by atoms with Crippen LogP contribution in [0.15, 0.2) is 11.6 Å². The third kappa shape index (κ3) is 3.99. The van der Waals surface area contributed by atoms with Crippen molar-refractivity contribution in [2.45, 2.75) is 53.9 Å². The van der Waals surface area contributed by atoms with Gasteiger partial charge in [0.1, 0.15) is 6.61 Å². The third-order valence-electron chi connectivity index (χ3n) is 2.96. The molecule has 0 atom stereocenters. The van der Waals surface area contributed by atoms with Gasteiger partial charge in [0.2, 0.25) is 0 Å². The molecule has 0 aromatic rings. The van der Waals surface area contributed by atoms with Gasteiger partial charge < -0.3 is 4.74 Å². The highest BCUT2D eigenvalue weighted by molar-refractivity contribution is 5.75. The van der Waals surface area contributed by atoms with Crippen molar-refractivity contribution in [2.75, 3.05) is 6.61 Å². The minimum Gasteiger partial charge on any atom is -0.461 e. The van der Waals surface area contributed by atoms with Crippen molar-refractivity contribution in [2.24, 2.45) is 10.8 Å². The monoisotopic (exact) mass is 224 g/mol. The first kappa shape index (κ1) is 13.3. The van der Waals surface area contributed by atoms with Crippen LogP contribution in [0.3, 0.4) is 0 Å². The van der Waals surface area contributed by atoms with E-state index < -0.39 is 5.41 Å². The molecule has 0 N–H and O–H groups in total. The Labute approximate surface area is 99.1 Å². The molecule has 0 aromatic carbocycles. The fourth-order valence-corrected chi connectivity index (χ4v) is 1.93. The van der Waals surface area contributed by atoms with E-state index in [2.05, 4.69) is 19.9 Å². The summed E-state index contributed by atoms with van der Waals surface area (Å²) in [4.78, 5) is 11.6. The van der Waals surface area contributed by atoms with Gasteiger partial charge in [-0.25, -0.2) is 0 Å². The molecule has 16 heavy (non-hydrogen) atoms. The van der Waals surface area contributed by atoms with Crippen LogP contribution in [0.5, 0.6) is 0 Å². The molecule has 0 aliphatic heterocycles. The van der Waals surface area contributed by atoms with Crippen LogP contribution >= 0.6 is 0 Å². The molecule has 0 spiro atoms. The molecule has 0 saturated heterocycles. The highest BCUT2D eigenvalue weighted by Crippen LogP contribution is 2.35. The van der Waals surface area contributed by atoms with Gasteiger partial charge in [0, 0.05) is 0 Å². The zero-order valence-corrected chi connectivity index (χ0v) is 11.2. The predicted molar refractivity (Wildman–Crippen MR) is 66.1 cm³/mol. The molecule has 1 rings (SSSR count). The van der Waals surface area contributed by atoms with Crippen molar-refractivity contribution in [1.29, 1.82) is 0 Å². The summed E-state index contributed by atoms with van der Waals surface area (Å²) in [5, 5.41) is 0. The number of esters is 1. The number of carbonyl (C=O) groups is 1. The van der Waals surface area contributed by atoms with Crippen LogP contribution in [-0.2, 0) is 9.53 Å². The summed E-state index contributed by atoms with van der Waals surface area (Å²) in [5.41, 5.74) is 1.23. The molecular weight excluding hydrogens is 200 g/mol. The zero-order valence-electron chi connectivity index (χ0n) is 11.2. The first-order valence-electron chi connectivity index (χ1n) is 6.06. The summed E-state index contributed by atoms with van der Waals surface area (Å²) in [6, 6.07) is 0. The maximum atomic E-state index is 11.6. The lowest BCUT2D eigenvalue weighted by Gasteiger charge is -2.30. The van der Waals surface area contributed by atoms with Crippen molar-refractivity contribution in [1.82, 2.24) is 0 Å². The lowest BCUT2D eigenvalue weighted by Crippen LogP contribution is -2.25.